The van der Waals surface area contributed by atoms with Crippen molar-refractivity contribution in [3.8, 4) is 11.5 Å². The maximum Gasteiger partial charge on any atom is 0.119 e. The van der Waals surface area contributed by atoms with E-state index in [1.54, 1.807) is 29.7 Å². The van der Waals surface area contributed by atoms with Gasteiger partial charge >= 0.3 is 0 Å². The number of ether oxygens (including phenoxy) is 1. The zero-order chi connectivity index (χ0) is 22.1. The molecule has 0 aliphatic heterocycles. The Hall–Kier alpha value is -2.33. The molecule has 1 N–H and O–H groups in total. The Balaban J connectivity index is 2.18. The molecular weight excluding hydrogens is 390 g/mol. The number of nitrogens with zero attached hydrogens (tertiary/aromatic N) is 1. The van der Waals surface area contributed by atoms with Crippen LogP contribution in [0, 0.1) is 5.92 Å². The lowest BCUT2D eigenvalue weighted by atomic mass is 9.81. The number of phenolic OH excluding ortho intramolecular Hbond substituents is 1. The fourth-order valence-electron chi connectivity index (χ4n) is 3.51. The predicted molar refractivity (Wildman–Crippen MR) is 131 cm³/mol. The molecule has 1 aromatic rings. The SMILES string of the molecule is C=C(/C(C)=C/C(C)=C(C)/C=C\S)N(CCOc1ccc(O)cc1)/C(=C\C)C1CCC1. The molecule has 0 amide bonds. The third-order valence-corrected chi connectivity index (χ3v) is 5.86. The van der Waals surface area contributed by atoms with Gasteiger partial charge < -0.3 is 14.7 Å². The molecule has 1 saturated carbocycles. The molecule has 1 fully saturated rings. The van der Waals surface area contributed by atoms with Crippen LogP contribution in [0.2, 0.25) is 0 Å². The van der Waals surface area contributed by atoms with E-state index in [-0.39, 0.29) is 5.75 Å². The standard InChI is InChI=1S/C26H35NO2S/c1-6-26(23-8-7-9-23)27(15-16-29-25-12-10-24(28)11-13-25)22(5)21(4)18-20(3)19(2)14-17-30/h6,10-14,17-18,23,28,30H,5,7-9,15-16H2,1-4H3/b17-14-,20-19+,21-18+,26-6-. The molecule has 0 atom stereocenters. The third-order valence-electron chi connectivity index (χ3n) is 5.71. The number of benzene rings is 1. The first-order chi connectivity index (χ1) is 14.4. The summed E-state index contributed by atoms with van der Waals surface area (Å²) in [7, 11) is 0. The second-order valence-electron chi connectivity index (χ2n) is 7.79. The van der Waals surface area contributed by atoms with Crippen molar-refractivity contribution in [1.29, 1.82) is 0 Å². The number of aromatic hydroxyl groups is 1. The molecule has 0 bridgehead atoms. The van der Waals surface area contributed by atoms with Gasteiger partial charge in [0.25, 0.3) is 0 Å². The van der Waals surface area contributed by atoms with Gasteiger partial charge in [-0.1, -0.05) is 31.2 Å². The van der Waals surface area contributed by atoms with Crippen molar-refractivity contribution in [2.75, 3.05) is 13.2 Å². The van der Waals surface area contributed by atoms with Crippen LogP contribution < -0.4 is 4.74 Å². The zero-order valence-electron chi connectivity index (χ0n) is 18.7. The van der Waals surface area contributed by atoms with Gasteiger partial charge in [-0.2, -0.15) is 12.6 Å². The quantitative estimate of drug-likeness (QED) is 0.312. The normalized spacial score (nSPS) is 16.3. The largest absolute Gasteiger partial charge is 0.508 e. The minimum Gasteiger partial charge on any atom is -0.508 e. The first-order valence-corrected chi connectivity index (χ1v) is 11.1. The van der Waals surface area contributed by atoms with Crippen LogP contribution in [0.5, 0.6) is 11.5 Å². The van der Waals surface area contributed by atoms with E-state index in [0.717, 1.165) is 23.6 Å². The molecule has 0 saturated heterocycles. The Kier molecular flexibility index (Phi) is 9.38. The smallest absolute Gasteiger partial charge is 0.119 e. The van der Waals surface area contributed by atoms with Gasteiger partial charge in [0.2, 0.25) is 0 Å². The number of thiol groups is 1. The van der Waals surface area contributed by atoms with E-state index in [4.69, 9.17) is 4.74 Å². The second kappa shape index (κ2) is 11.8. The van der Waals surface area contributed by atoms with E-state index in [0.29, 0.717) is 12.5 Å². The van der Waals surface area contributed by atoms with E-state index in [9.17, 15) is 5.11 Å². The summed E-state index contributed by atoms with van der Waals surface area (Å²) in [6, 6.07) is 6.85. The molecule has 4 heteroatoms. The highest BCUT2D eigenvalue weighted by Crippen LogP contribution is 2.37. The Labute approximate surface area is 187 Å². The first-order valence-electron chi connectivity index (χ1n) is 10.6. The minimum atomic E-state index is 0.241. The van der Waals surface area contributed by atoms with Crippen LogP contribution in [0.15, 0.2) is 82.6 Å². The molecule has 1 aliphatic rings. The summed E-state index contributed by atoms with van der Waals surface area (Å²) >= 11 is 4.18. The number of hydrogen-bond acceptors (Lipinski definition) is 4. The van der Waals surface area contributed by atoms with Crippen molar-refractivity contribution in [3.05, 3.63) is 82.6 Å². The van der Waals surface area contributed by atoms with E-state index in [2.05, 4.69) is 64.0 Å². The molecule has 1 aromatic carbocycles. The van der Waals surface area contributed by atoms with Crippen molar-refractivity contribution < 1.29 is 9.84 Å². The van der Waals surface area contributed by atoms with E-state index < -0.39 is 0 Å². The van der Waals surface area contributed by atoms with Crippen molar-refractivity contribution >= 4 is 12.6 Å². The Bertz CT molecular complexity index is 842. The predicted octanol–water partition coefficient (Wildman–Crippen LogP) is 7.02. The Morgan fingerprint density at radius 1 is 1.20 bits per heavy atom. The lowest BCUT2D eigenvalue weighted by molar-refractivity contribution is 0.233. The molecule has 0 spiro atoms. The van der Waals surface area contributed by atoms with Gasteiger partial charge in [-0.15, -0.1) is 0 Å². The molecule has 0 radical (unpaired) electrons. The van der Waals surface area contributed by atoms with Crippen molar-refractivity contribution in [2.24, 2.45) is 5.92 Å². The van der Waals surface area contributed by atoms with Crippen molar-refractivity contribution in [1.82, 2.24) is 4.90 Å². The molecule has 2 rings (SSSR count). The Morgan fingerprint density at radius 2 is 1.87 bits per heavy atom. The molecule has 1 aliphatic carbocycles. The van der Waals surface area contributed by atoms with Gasteiger partial charge in [0, 0.05) is 11.4 Å². The van der Waals surface area contributed by atoms with E-state index in [1.807, 2.05) is 6.08 Å². The summed E-state index contributed by atoms with van der Waals surface area (Å²) in [5.74, 6) is 1.59. The van der Waals surface area contributed by atoms with Gasteiger partial charge in [-0.3, -0.25) is 0 Å². The maximum absolute atomic E-state index is 9.45. The number of allylic oxidation sites excluding steroid dienone is 7. The number of phenols is 1. The molecule has 0 unspecified atom stereocenters. The average Bonchev–Trinajstić information content (AvgIpc) is 2.69. The molecule has 30 heavy (non-hydrogen) atoms. The van der Waals surface area contributed by atoms with Crippen LogP contribution in [0.1, 0.15) is 47.0 Å². The lowest BCUT2D eigenvalue weighted by Gasteiger charge is -2.38. The second-order valence-corrected chi connectivity index (χ2v) is 8.09. The summed E-state index contributed by atoms with van der Waals surface area (Å²) in [5.41, 5.74) is 5.87. The van der Waals surface area contributed by atoms with Gasteiger partial charge in [0.05, 0.1) is 6.54 Å². The molecule has 0 heterocycles. The molecule has 0 aromatic heterocycles. The van der Waals surface area contributed by atoms with Crippen LogP contribution in [0.3, 0.4) is 0 Å². The van der Waals surface area contributed by atoms with Gasteiger partial charge in [0.15, 0.2) is 0 Å². The van der Waals surface area contributed by atoms with E-state index in [1.165, 1.54) is 36.1 Å². The van der Waals surface area contributed by atoms with Crippen LogP contribution >= 0.6 is 12.6 Å². The molecule has 162 valence electrons. The maximum atomic E-state index is 9.45. The highest BCUT2D eigenvalue weighted by Gasteiger charge is 2.27. The average molecular weight is 426 g/mol. The highest BCUT2D eigenvalue weighted by atomic mass is 32.1. The molecule has 3 nitrogen and oxygen atoms in total. The summed E-state index contributed by atoms with van der Waals surface area (Å²) in [6.07, 6.45) is 10.2. The highest BCUT2D eigenvalue weighted by molar-refractivity contribution is 7.83. The van der Waals surface area contributed by atoms with Gasteiger partial charge in [-0.05, 0) is 92.8 Å². The van der Waals surface area contributed by atoms with Crippen LogP contribution in [0.25, 0.3) is 0 Å². The molecular formula is C26H35NO2S. The van der Waals surface area contributed by atoms with Crippen molar-refractivity contribution in [2.45, 2.75) is 47.0 Å². The minimum absolute atomic E-state index is 0.241. The lowest BCUT2D eigenvalue weighted by Crippen LogP contribution is -2.33. The monoisotopic (exact) mass is 425 g/mol. The van der Waals surface area contributed by atoms with Gasteiger partial charge in [-0.25, -0.2) is 0 Å². The van der Waals surface area contributed by atoms with Crippen LogP contribution in [-0.4, -0.2) is 23.2 Å². The third kappa shape index (κ3) is 6.60. The first kappa shape index (κ1) is 23.9. The van der Waals surface area contributed by atoms with Crippen LogP contribution in [-0.2, 0) is 0 Å². The zero-order valence-corrected chi connectivity index (χ0v) is 19.6. The summed E-state index contributed by atoms with van der Waals surface area (Å²) in [5, 5.41) is 11.2. The summed E-state index contributed by atoms with van der Waals surface area (Å²) < 4.78 is 5.93. The summed E-state index contributed by atoms with van der Waals surface area (Å²) in [6.45, 7) is 14.1. The number of rotatable bonds is 10. The fraction of sp³-hybridized carbons (Fsp3) is 0.385. The van der Waals surface area contributed by atoms with Gasteiger partial charge in [0.1, 0.15) is 18.1 Å². The Morgan fingerprint density at radius 3 is 2.40 bits per heavy atom. The number of hydrogen-bond donors (Lipinski definition) is 2. The van der Waals surface area contributed by atoms with Crippen LogP contribution in [0.4, 0.5) is 0 Å². The van der Waals surface area contributed by atoms with E-state index >= 15 is 0 Å². The topological polar surface area (TPSA) is 32.7 Å². The van der Waals surface area contributed by atoms with Crippen molar-refractivity contribution in [3.63, 3.8) is 0 Å². The fourth-order valence-corrected chi connectivity index (χ4v) is 3.73. The summed E-state index contributed by atoms with van der Waals surface area (Å²) in [4.78, 5) is 2.31.